The van der Waals surface area contributed by atoms with Gasteiger partial charge >= 0.3 is 0 Å². The lowest BCUT2D eigenvalue weighted by Crippen LogP contribution is -2.66. The molecule has 0 spiro atoms. The highest BCUT2D eigenvalue weighted by Gasteiger charge is 2.57. The number of fused-ring (bicyclic) bond motifs is 1. The van der Waals surface area contributed by atoms with E-state index in [0.29, 0.717) is 12.2 Å². The molecule has 0 amide bonds. The van der Waals surface area contributed by atoms with Crippen LogP contribution in [-0.4, -0.2) is 51.6 Å². The summed E-state index contributed by atoms with van der Waals surface area (Å²) in [4.78, 5) is 12.0. The van der Waals surface area contributed by atoms with E-state index < -0.39 is 38.7 Å². The molecule has 2 fully saturated rings. The van der Waals surface area contributed by atoms with E-state index in [4.69, 9.17) is 23.4 Å². The monoisotopic (exact) mass is 572 g/mol. The summed E-state index contributed by atoms with van der Waals surface area (Å²) in [5.74, 6) is -0.797. The van der Waals surface area contributed by atoms with E-state index in [1.54, 1.807) is 6.08 Å². The van der Waals surface area contributed by atoms with Crippen LogP contribution in [0.1, 0.15) is 40.2 Å². The van der Waals surface area contributed by atoms with E-state index in [-0.39, 0.29) is 11.6 Å². The number of allylic oxidation sites excluding steroid dienone is 1. The fourth-order valence-corrected chi connectivity index (χ4v) is 10.5. The lowest BCUT2D eigenvalue weighted by Gasteiger charge is -2.43. The second kappa shape index (κ2) is 12.1. The van der Waals surface area contributed by atoms with Crippen LogP contribution < -0.4 is 10.4 Å². The maximum absolute atomic E-state index is 12.0. The van der Waals surface area contributed by atoms with Gasteiger partial charge in [0.2, 0.25) is 0 Å². The van der Waals surface area contributed by atoms with Crippen molar-refractivity contribution in [3.05, 3.63) is 108 Å². The van der Waals surface area contributed by atoms with Gasteiger partial charge in [-0.3, -0.25) is 4.79 Å². The van der Waals surface area contributed by atoms with Crippen molar-refractivity contribution in [3.63, 3.8) is 0 Å². The fraction of sp³-hybridized carbons (Fsp3) is 0.382. The smallest absolute Gasteiger partial charge is 0.261 e. The molecule has 0 aliphatic carbocycles. The minimum absolute atomic E-state index is 0.199. The molecular weight excluding hydrogens is 532 g/mol. The van der Waals surface area contributed by atoms with Crippen molar-refractivity contribution < 1.29 is 28.2 Å². The highest BCUT2D eigenvalue weighted by atomic mass is 28.4. The zero-order valence-corrected chi connectivity index (χ0v) is 25.5. The molecule has 5 rings (SSSR count). The Hall–Kier alpha value is -2.91. The molecule has 6 nitrogen and oxygen atoms in total. The molecule has 0 saturated carbocycles. The molecule has 0 aromatic heterocycles. The van der Waals surface area contributed by atoms with Crippen molar-refractivity contribution >= 4 is 25.0 Å². The van der Waals surface area contributed by atoms with Gasteiger partial charge in [-0.2, -0.15) is 0 Å². The van der Waals surface area contributed by atoms with E-state index >= 15 is 0 Å². The van der Waals surface area contributed by atoms with Crippen LogP contribution in [0.15, 0.2) is 103 Å². The molecule has 2 saturated heterocycles. The largest absolute Gasteiger partial charge is 0.403 e. The van der Waals surface area contributed by atoms with Crippen molar-refractivity contribution in [2.45, 2.75) is 76.7 Å². The predicted octanol–water partition coefficient (Wildman–Crippen LogP) is 5.15. The SMILES string of the molecule is CC1(C)O[C@H]2O[C@H](/C(=C/C=O)CO[Si](c3ccccc3)(c3ccccc3)C(C)(C)C)[C@H](OCc3ccccc3)[C@H]2O1. The molecular formula is C34H40O6Si. The van der Waals surface area contributed by atoms with Gasteiger partial charge in [-0.05, 0) is 46.5 Å². The summed E-state index contributed by atoms with van der Waals surface area (Å²) in [6.07, 6.45) is 0.221. The van der Waals surface area contributed by atoms with Crippen molar-refractivity contribution in [2.24, 2.45) is 0 Å². The second-order valence-corrected chi connectivity index (χ2v) is 16.4. The Morgan fingerprint density at radius 3 is 1.98 bits per heavy atom. The van der Waals surface area contributed by atoms with Crippen LogP contribution in [0, 0.1) is 0 Å². The van der Waals surface area contributed by atoms with E-state index in [9.17, 15) is 4.79 Å². The average molecular weight is 573 g/mol. The Kier molecular flexibility index (Phi) is 8.75. The van der Waals surface area contributed by atoms with Crippen molar-refractivity contribution in [1.82, 2.24) is 0 Å². The van der Waals surface area contributed by atoms with Crippen LogP contribution in [0.4, 0.5) is 0 Å². The van der Waals surface area contributed by atoms with E-state index in [0.717, 1.165) is 11.8 Å². The Morgan fingerprint density at radius 2 is 1.44 bits per heavy atom. The second-order valence-electron chi connectivity index (χ2n) is 12.1. The summed E-state index contributed by atoms with van der Waals surface area (Å²) in [5.41, 5.74) is 1.74. The summed E-state index contributed by atoms with van der Waals surface area (Å²) in [6, 6.07) is 30.9. The predicted molar refractivity (Wildman–Crippen MR) is 161 cm³/mol. The normalized spacial score (nSPS) is 24.3. The van der Waals surface area contributed by atoms with Crippen molar-refractivity contribution in [3.8, 4) is 0 Å². The van der Waals surface area contributed by atoms with Crippen LogP contribution in [0.5, 0.6) is 0 Å². The van der Waals surface area contributed by atoms with Crippen LogP contribution in [0.25, 0.3) is 0 Å². The van der Waals surface area contributed by atoms with Gasteiger partial charge < -0.3 is 23.4 Å². The molecule has 2 heterocycles. The molecule has 7 heteroatoms. The highest BCUT2D eigenvalue weighted by molar-refractivity contribution is 6.99. The van der Waals surface area contributed by atoms with Gasteiger partial charge in [0.1, 0.15) is 24.6 Å². The Bertz CT molecular complexity index is 1280. The molecule has 2 aliphatic rings. The third kappa shape index (κ3) is 6.16. The Morgan fingerprint density at radius 1 is 0.878 bits per heavy atom. The molecule has 2 aliphatic heterocycles. The maximum atomic E-state index is 12.0. The number of aldehydes is 1. The van der Waals surface area contributed by atoms with Crippen LogP contribution >= 0.6 is 0 Å². The first-order valence-corrected chi connectivity index (χ1v) is 16.1. The average Bonchev–Trinajstić information content (AvgIpc) is 3.44. The van der Waals surface area contributed by atoms with Crippen LogP contribution in [0.2, 0.25) is 5.04 Å². The molecule has 3 aromatic carbocycles. The van der Waals surface area contributed by atoms with Gasteiger partial charge in [0, 0.05) is 0 Å². The van der Waals surface area contributed by atoms with Gasteiger partial charge in [0.05, 0.1) is 13.2 Å². The minimum Gasteiger partial charge on any atom is -0.403 e. The van der Waals surface area contributed by atoms with Crippen molar-refractivity contribution in [2.75, 3.05) is 6.61 Å². The zero-order valence-electron chi connectivity index (χ0n) is 24.5. The van der Waals surface area contributed by atoms with Gasteiger partial charge in [0.25, 0.3) is 8.32 Å². The summed E-state index contributed by atoms with van der Waals surface area (Å²) in [7, 11) is -2.85. The van der Waals surface area contributed by atoms with Gasteiger partial charge in [0.15, 0.2) is 12.1 Å². The molecule has 41 heavy (non-hydrogen) atoms. The fourth-order valence-electron chi connectivity index (χ4n) is 5.99. The molecule has 216 valence electrons. The molecule has 0 radical (unpaired) electrons. The maximum Gasteiger partial charge on any atom is 0.261 e. The lowest BCUT2D eigenvalue weighted by molar-refractivity contribution is -0.214. The van der Waals surface area contributed by atoms with Gasteiger partial charge in [-0.1, -0.05) is 112 Å². The number of rotatable bonds is 10. The first-order chi connectivity index (χ1) is 19.6. The number of carbonyl (C=O) groups is 1. The van der Waals surface area contributed by atoms with Crippen LogP contribution in [0.3, 0.4) is 0 Å². The topological polar surface area (TPSA) is 63.2 Å². The summed E-state index contributed by atoms with van der Waals surface area (Å²) >= 11 is 0. The number of hydrogen-bond donors (Lipinski definition) is 0. The Balaban J connectivity index is 1.48. The first-order valence-electron chi connectivity index (χ1n) is 14.2. The summed E-state index contributed by atoms with van der Waals surface area (Å²) in [6.45, 7) is 11.0. The van der Waals surface area contributed by atoms with Crippen LogP contribution in [-0.2, 0) is 34.8 Å². The molecule has 3 aromatic rings. The third-order valence-electron chi connectivity index (χ3n) is 7.80. The number of ether oxygens (including phenoxy) is 4. The Labute approximate surface area is 244 Å². The first kappa shape index (κ1) is 29.6. The van der Waals surface area contributed by atoms with Crippen molar-refractivity contribution in [1.29, 1.82) is 0 Å². The molecule has 4 atom stereocenters. The molecule has 0 unspecified atom stereocenters. The zero-order chi connectivity index (χ0) is 29.1. The minimum atomic E-state index is -2.85. The van der Waals surface area contributed by atoms with E-state index in [1.807, 2.05) is 56.3 Å². The standard InChI is InChI=1S/C34H40O6Si/c1-33(2,3)41(27-17-11-7-12-18-27,28-19-13-8-14-20-28)37-24-26(21-22-35)29-30(36-23-25-15-9-6-10-16-25)31-32(38-29)40-34(4,5)39-31/h6-22,29-32H,23-24H2,1-5H3/b26-21+/t29-,30+,31-,32-/m1/s1. The van der Waals surface area contributed by atoms with E-state index in [2.05, 4.69) is 69.3 Å². The highest BCUT2D eigenvalue weighted by Crippen LogP contribution is 2.42. The van der Waals surface area contributed by atoms with Gasteiger partial charge in [-0.25, -0.2) is 0 Å². The summed E-state index contributed by atoms with van der Waals surface area (Å²) < 4.78 is 32.4. The molecule has 0 N–H and O–H groups in total. The summed E-state index contributed by atoms with van der Waals surface area (Å²) in [5, 5.41) is 2.12. The van der Waals surface area contributed by atoms with Gasteiger partial charge in [-0.15, -0.1) is 0 Å². The quantitative estimate of drug-likeness (QED) is 0.190. The number of hydrogen-bond acceptors (Lipinski definition) is 6. The molecule has 0 bridgehead atoms. The van der Waals surface area contributed by atoms with E-state index in [1.165, 1.54) is 10.4 Å². The number of carbonyl (C=O) groups excluding carboxylic acids is 1. The third-order valence-corrected chi connectivity index (χ3v) is 12.8. The lowest BCUT2D eigenvalue weighted by atomic mass is 10.0. The number of benzene rings is 3.